The monoisotopic (exact) mass is 573 g/mol. The molecule has 2 aromatic carbocycles. The molecule has 2 aromatic rings. The predicted octanol–water partition coefficient (Wildman–Crippen LogP) is 3.68. The second kappa shape index (κ2) is 10.9. The van der Waals surface area contributed by atoms with E-state index in [1.807, 2.05) is 37.3 Å². The molecule has 5 rings (SSSR count). The summed E-state index contributed by atoms with van der Waals surface area (Å²) in [5, 5.41) is 4.59. The van der Waals surface area contributed by atoms with Gasteiger partial charge in [-0.05, 0) is 11.6 Å². The summed E-state index contributed by atoms with van der Waals surface area (Å²) in [6, 6.07) is 15.4. The third-order valence-corrected chi connectivity index (χ3v) is 9.65. The highest BCUT2D eigenvalue weighted by atomic mass is 32.2. The van der Waals surface area contributed by atoms with Gasteiger partial charge in [-0.1, -0.05) is 81.1 Å². The number of ether oxygens (including phenoxy) is 1. The number of sulfonamides is 1. The third kappa shape index (κ3) is 4.61. The maximum atomic E-state index is 13.8. The number of carbonyl (C=O) groups excluding carboxylic acids is 3. The van der Waals surface area contributed by atoms with Gasteiger partial charge in [-0.25, -0.2) is 4.79 Å². The molecular weight excluding hydrogens is 542 g/mol. The molecule has 9 nitrogen and oxygen atoms in total. The van der Waals surface area contributed by atoms with Crippen LogP contribution in [-0.4, -0.2) is 60.3 Å². The number of allylic oxidation sites excluding steroid dienone is 1. The minimum atomic E-state index is -4.10. The Hall–Kier alpha value is -4.31. The van der Waals surface area contributed by atoms with E-state index >= 15 is 0 Å². The van der Waals surface area contributed by atoms with Crippen molar-refractivity contribution in [3.8, 4) is 0 Å². The number of benzene rings is 2. The van der Waals surface area contributed by atoms with Crippen molar-refractivity contribution in [1.29, 1.82) is 0 Å². The number of ketones is 1. The van der Waals surface area contributed by atoms with Crippen LogP contribution in [0.3, 0.4) is 0 Å². The van der Waals surface area contributed by atoms with Crippen molar-refractivity contribution in [2.24, 2.45) is 22.9 Å². The first-order valence-corrected chi connectivity index (χ1v) is 14.8. The van der Waals surface area contributed by atoms with Gasteiger partial charge in [-0.3, -0.25) is 9.59 Å². The van der Waals surface area contributed by atoms with Gasteiger partial charge in [0.1, 0.15) is 23.8 Å². The van der Waals surface area contributed by atoms with Gasteiger partial charge in [0.15, 0.2) is 0 Å². The van der Waals surface area contributed by atoms with E-state index in [1.54, 1.807) is 25.1 Å². The lowest BCUT2D eigenvalue weighted by Crippen LogP contribution is -2.63. The van der Waals surface area contributed by atoms with E-state index in [-0.39, 0.29) is 41.9 Å². The molecule has 212 valence electrons. The summed E-state index contributed by atoms with van der Waals surface area (Å²) < 4.78 is 34.0. The first-order valence-electron chi connectivity index (χ1n) is 13.4. The summed E-state index contributed by atoms with van der Waals surface area (Å²) in [5.74, 6) is -2.94. The fraction of sp³-hybridized carbons (Fsp3) is 0.290. The van der Waals surface area contributed by atoms with Crippen LogP contribution in [0.1, 0.15) is 31.4 Å². The molecule has 3 heterocycles. The molecule has 0 aromatic heterocycles. The number of amides is 1. The minimum absolute atomic E-state index is 0.000473. The van der Waals surface area contributed by atoms with Gasteiger partial charge in [-0.15, -0.1) is 6.58 Å². The zero-order valence-corrected chi connectivity index (χ0v) is 23.7. The first kappa shape index (κ1) is 28.2. The van der Waals surface area contributed by atoms with Crippen molar-refractivity contribution < 1.29 is 27.5 Å². The fourth-order valence-electron chi connectivity index (χ4n) is 5.89. The van der Waals surface area contributed by atoms with Gasteiger partial charge in [0, 0.05) is 29.4 Å². The number of nitrogens with zero attached hydrogens (tertiary/aromatic N) is 3. The summed E-state index contributed by atoms with van der Waals surface area (Å²) in [6.45, 7) is 10.4. The minimum Gasteiger partial charge on any atom is -0.457 e. The van der Waals surface area contributed by atoms with Crippen LogP contribution in [0.4, 0.5) is 0 Å². The molecular formula is C31H31N3O6S. The maximum absolute atomic E-state index is 13.8. The summed E-state index contributed by atoms with van der Waals surface area (Å²) in [7, 11) is -4.10. The number of fused-ring (bicyclic) bond motifs is 2. The molecule has 0 radical (unpaired) electrons. The molecule has 1 fully saturated rings. The van der Waals surface area contributed by atoms with E-state index in [0.29, 0.717) is 16.8 Å². The van der Waals surface area contributed by atoms with Crippen LogP contribution in [0.5, 0.6) is 0 Å². The zero-order valence-electron chi connectivity index (χ0n) is 22.9. The average molecular weight is 574 g/mol. The second-order valence-corrected chi connectivity index (χ2v) is 12.1. The molecule has 4 atom stereocenters. The Labute approximate surface area is 239 Å². The molecule has 0 aliphatic carbocycles. The number of carbonyl (C=O) groups is 3. The number of β-lactam (4-membered cyclic amide) rings is 1. The van der Waals surface area contributed by atoms with Crippen LogP contribution in [-0.2, 0) is 29.1 Å². The smallest absolute Gasteiger partial charge is 0.355 e. The largest absolute Gasteiger partial charge is 0.457 e. The van der Waals surface area contributed by atoms with Crippen molar-refractivity contribution >= 4 is 33.4 Å². The van der Waals surface area contributed by atoms with Gasteiger partial charge in [0.25, 0.3) is 10.0 Å². The molecule has 0 N–H and O–H groups in total. The van der Waals surface area contributed by atoms with Crippen molar-refractivity contribution in [2.75, 3.05) is 13.2 Å². The number of hydrogen-bond acceptors (Lipinski definition) is 7. The first-order chi connectivity index (χ1) is 19.6. The van der Waals surface area contributed by atoms with Crippen molar-refractivity contribution in [2.45, 2.75) is 31.2 Å². The van der Waals surface area contributed by atoms with Gasteiger partial charge in [0.2, 0.25) is 5.91 Å². The van der Waals surface area contributed by atoms with Crippen LogP contribution in [0, 0.1) is 17.8 Å². The van der Waals surface area contributed by atoms with Crippen molar-refractivity contribution in [1.82, 2.24) is 9.31 Å². The van der Waals surface area contributed by atoms with Crippen LogP contribution in [0.25, 0.3) is 0 Å². The van der Waals surface area contributed by atoms with Gasteiger partial charge in [0.05, 0.1) is 23.4 Å². The Morgan fingerprint density at radius 1 is 1.07 bits per heavy atom. The summed E-state index contributed by atoms with van der Waals surface area (Å²) >= 11 is 0. The number of hydrogen-bond donors (Lipinski definition) is 0. The maximum Gasteiger partial charge on any atom is 0.355 e. The lowest BCUT2D eigenvalue weighted by molar-refractivity contribution is -0.162. The highest BCUT2D eigenvalue weighted by Crippen LogP contribution is 2.49. The highest BCUT2D eigenvalue weighted by Gasteiger charge is 2.61. The van der Waals surface area contributed by atoms with Gasteiger partial charge < -0.3 is 9.64 Å². The normalized spacial score (nSPS) is 23.1. The molecule has 1 saturated heterocycles. The van der Waals surface area contributed by atoms with E-state index in [4.69, 9.17) is 4.74 Å². The topological polar surface area (TPSA) is 113 Å². The molecule has 3 unspecified atom stereocenters. The second-order valence-electron chi connectivity index (χ2n) is 10.3. The Bertz CT molecular complexity index is 1610. The quantitative estimate of drug-likeness (QED) is 0.243. The number of hydrazone groups is 1. The molecule has 41 heavy (non-hydrogen) atoms. The Kier molecular flexibility index (Phi) is 7.52. The predicted molar refractivity (Wildman–Crippen MR) is 153 cm³/mol. The summed E-state index contributed by atoms with van der Waals surface area (Å²) in [5.41, 5.74) is 2.08. The van der Waals surface area contributed by atoms with Crippen LogP contribution >= 0.6 is 0 Å². The zero-order chi connectivity index (χ0) is 29.5. The molecule has 1 amide bonds. The Morgan fingerprint density at radius 3 is 2.44 bits per heavy atom. The average Bonchev–Trinajstić information content (AvgIpc) is 3.21. The molecule has 0 spiro atoms. The van der Waals surface area contributed by atoms with Crippen LogP contribution < -0.4 is 0 Å². The van der Waals surface area contributed by atoms with Crippen molar-refractivity contribution in [3.63, 3.8) is 0 Å². The Balaban J connectivity index is 1.58. The SMILES string of the molecule is C=CCOC(=O)C1=C(CN2N=C(c3ccccc3)c3ccccc3S2(=O)=O)C(C)C2C([C@@H](C)C(=O)CC=C)C(=O)N12. The van der Waals surface area contributed by atoms with Gasteiger partial charge in [-0.2, -0.15) is 17.9 Å². The lowest BCUT2D eigenvalue weighted by atomic mass is 9.72. The summed E-state index contributed by atoms with van der Waals surface area (Å²) in [4.78, 5) is 40.8. The number of rotatable bonds is 10. The standard InChI is InChI=1S/C31H31N3O6S/c1-5-12-24(35)20(4)26-28-19(3)23(29(34(28)30(26)36)31(37)40-17-6-2)18-33-32-27(21-13-8-7-9-14-21)22-15-10-11-16-25(22)41(33,38)39/h5-11,13-16,19-20,26,28H,1-2,12,17-18H2,3-4H3/t19?,20-,26?,28?/m0/s1. The molecule has 10 heteroatoms. The summed E-state index contributed by atoms with van der Waals surface area (Å²) in [6.07, 6.45) is 3.04. The lowest BCUT2D eigenvalue weighted by Gasteiger charge is -2.47. The molecule has 3 aliphatic rings. The number of esters is 1. The third-order valence-electron chi connectivity index (χ3n) is 7.98. The van der Waals surface area contributed by atoms with Gasteiger partial charge >= 0.3 is 5.97 Å². The molecule has 3 aliphatic heterocycles. The molecule has 0 bridgehead atoms. The van der Waals surface area contributed by atoms with E-state index in [1.165, 1.54) is 23.1 Å². The van der Waals surface area contributed by atoms with E-state index in [2.05, 4.69) is 18.3 Å². The highest BCUT2D eigenvalue weighted by molar-refractivity contribution is 7.89. The van der Waals surface area contributed by atoms with Crippen LogP contribution in [0.15, 0.2) is 101 Å². The van der Waals surface area contributed by atoms with E-state index in [9.17, 15) is 22.8 Å². The fourth-order valence-corrected chi connectivity index (χ4v) is 7.31. The number of Topliss-reactive ketones (excluding diaryl/α,β-unsaturated/α-hetero) is 1. The van der Waals surface area contributed by atoms with E-state index < -0.39 is 39.8 Å². The van der Waals surface area contributed by atoms with Crippen LogP contribution in [0.2, 0.25) is 0 Å². The van der Waals surface area contributed by atoms with Crippen molar-refractivity contribution in [3.05, 3.63) is 102 Å². The van der Waals surface area contributed by atoms with E-state index in [0.717, 1.165) is 9.98 Å². The Morgan fingerprint density at radius 2 is 1.76 bits per heavy atom. The molecule has 0 saturated carbocycles.